The summed E-state index contributed by atoms with van der Waals surface area (Å²) in [6.45, 7) is 12.2. The van der Waals surface area contributed by atoms with Crippen molar-refractivity contribution < 1.29 is 14.3 Å². The van der Waals surface area contributed by atoms with Crippen LogP contribution in [-0.4, -0.2) is 98.1 Å². The van der Waals surface area contributed by atoms with E-state index in [9.17, 15) is 9.59 Å². The number of piperazine rings is 1. The minimum atomic E-state index is 0.0524. The first kappa shape index (κ1) is 19.6. The van der Waals surface area contributed by atoms with Gasteiger partial charge in [0.1, 0.15) is 0 Å². The molecule has 0 radical (unpaired) electrons. The first-order valence-electron chi connectivity index (χ1n) is 10.1. The van der Waals surface area contributed by atoms with Gasteiger partial charge < -0.3 is 15.0 Å². The van der Waals surface area contributed by atoms with Crippen LogP contribution in [0.3, 0.4) is 0 Å². The minimum Gasteiger partial charge on any atom is -0.374 e. The van der Waals surface area contributed by atoms with Gasteiger partial charge in [0.25, 0.3) is 0 Å². The monoisotopic (exact) mass is 366 g/mol. The molecule has 0 aromatic carbocycles. The van der Waals surface area contributed by atoms with E-state index in [0.29, 0.717) is 24.9 Å². The van der Waals surface area contributed by atoms with Crippen molar-refractivity contribution in [3.05, 3.63) is 0 Å². The molecule has 1 saturated carbocycles. The molecule has 0 bridgehead atoms. The summed E-state index contributed by atoms with van der Waals surface area (Å²) < 4.78 is 5.78. The van der Waals surface area contributed by atoms with Crippen LogP contribution in [0.5, 0.6) is 0 Å². The highest BCUT2D eigenvalue weighted by atomic mass is 16.5. The SMILES string of the molecule is CC(C)CN1CCOC(CNC(=O)CN2CCN(C(=O)C3CC3)CC2)C1. The van der Waals surface area contributed by atoms with Crippen LogP contribution >= 0.6 is 0 Å². The number of nitrogens with zero attached hydrogens (tertiary/aromatic N) is 3. The number of hydrogen-bond acceptors (Lipinski definition) is 5. The van der Waals surface area contributed by atoms with Gasteiger partial charge in [-0.1, -0.05) is 13.8 Å². The molecular formula is C19H34N4O3. The number of morpholine rings is 1. The lowest BCUT2D eigenvalue weighted by molar-refractivity contribution is -0.134. The summed E-state index contributed by atoms with van der Waals surface area (Å²) in [5.41, 5.74) is 0. The molecule has 1 atom stereocenters. The second-order valence-electron chi connectivity index (χ2n) is 8.33. The van der Waals surface area contributed by atoms with E-state index < -0.39 is 0 Å². The maximum Gasteiger partial charge on any atom is 0.234 e. The van der Waals surface area contributed by atoms with Gasteiger partial charge in [-0.15, -0.1) is 0 Å². The summed E-state index contributed by atoms with van der Waals surface area (Å²) in [5, 5.41) is 3.02. The van der Waals surface area contributed by atoms with Crippen LogP contribution in [0.25, 0.3) is 0 Å². The summed E-state index contributed by atoms with van der Waals surface area (Å²) in [6.07, 6.45) is 2.19. The van der Waals surface area contributed by atoms with Crippen molar-refractivity contribution in [2.24, 2.45) is 11.8 Å². The average Bonchev–Trinajstić information content (AvgIpc) is 3.45. The number of ether oxygens (including phenoxy) is 1. The topological polar surface area (TPSA) is 65.1 Å². The Bertz CT molecular complexity index is 487. The number of amides is 2. The molecule has 3 aliphatic rings. The number of hydrogen-bond donors (Lipinski definition) is 1. The number of rotatable bonds is 7. The third-order valence-corrected chi connectivity index (χ3v) is 5.35. The van der Waals surface area contributed by atoms with Gasteiger partial charge in [-0.3, -0.25) is 19.4 Å². The molecule has 7 heteroatoms. The molecule has 3 fully saturated rings. The summed E-state index contributed by atoms with van der Waals surface area (Å²) >= 11 is 0. The predicted molar refractivity (Wildman–Crippen MR) is 99.8 cm³/mol. The van der Waals surface area contributed by atoms with Gasteiger partial charge in [-0.25, -0.2) is 0 Å². The fraction of sp³-hybridized carbons (Fsp3) is 0.895. The van der Waals surface area contributed by atoms with Gasteiger partial charge in [0, 0.05) is 58.3 Å². The Balaban J connectivity index is 1.31. The third-order valence-electron chi connectivity index (χ3n) is 5.35. The van der Waals surface area contributed by atoms with E-state index in [1.54, 1.807) is 0 Å². The Morgan fingerprint density at radius 3 is 2.46 bits per heavy atom. The molecule has 2 heterocycles. The van der Waals surface area contributed by atoms with Crippen molar-refractivity contribution in [3.8, 4) is 0 Å². The largest absolute Gasteiger partial charge is 0.374 e. The molecule has 0 spiro atoms. The molecule has 26 heavy (non-hydrogen) atoms. The third kappa shape index (κ3) is 5.93. The van der Waals surface area contributed by atoms with E-state index in [1.165, 1.54) is 0 Å². The smallest absolute Gasteiger partial charge is 0.234 e. The molecule has 1 unspecified atom stereocenters. The maximum atomic E-state index is 12.2. The first-order chi connectivity index (χ1) is 12.5. The Kier molecular flexibility index (Phi) is 6.89. The summed E-state index contributed by atoms with van der Waals surface area (Å²) in [5.74, 6) is 1.30. The molecular weight excluding hydrogens is 332 g/mol. The Hall–Kier alpha value is -1.18. The minimum absolute atomic E-state index is 0.0524. The molecule has 2 amide bonds. The van der Waals surface area contributed by atoms with Crippen molar-refractivity contribution in [2.75, 3.05) is 65.5 Å². The zero-order chi connectivity index (χ0) is 18.5. The van der Waals surface area contributed by atoms with Crippen molar-refractivity contribution in [2.45, 2.75) is 32.8 Å². The Morgan fingerprint density at radius 1 is 1.08 bits per heavy atom. The fourth-order valence-electron chi connectivity index (χ4n) is 3.79. The molecule has 0 aromatic rings. The van der Waals surface area contributed by atoms with E-state index in [0.717, 1.165) is 65.3 Å². The van der Waals surface area contributed by atoms with E-state index in [1.807, 2.05) is 4.90 Å². The van der Waals surface area contributed by atoms with E-state index >= 15 is 0 Å². The molecule has 148 valence electrons. The highest BCUT2D eigenvalue weighted by Crippen LogP contribution is 2.31. The second kappa shape index (κ2) is 9.15. The zero-order valence-corrected chi connectivity index (χ0v) is 16.3. The second-order valence-corrected chi connectivity index (χ2v) is 8.33. The normalized spacial score (nSPS) is 25.5. The lowest BCUT2D eigenvalue weighted by Crippen LogP contribution is -2.53. The highest BCUT2D eigenvalue weighted by Gasteiger charge is 2.34. The summed E-state index contributed by atoms with van der Waals surface area (Å²) in [6, 6.07) is 0. The van der Waals surface area contributed by atoms with E-state index in [4.69, 9.17) is 4.74 Å². The maximum absolute atomic E-state index is 12.2. The van der Waals surface area contributed by atoms with Crippen LogP contribution in [0.4, 0.5) is 0 Å². The van der Waals surface area contributed by atoms with Crippen LogP contribution in [0.1, 0.15) is 26.7 Å². The number of nitrogens with one attached hydrogen (secondary N) is 1. The first-order valence-corrected chi connectivity index (χ1v) is 10.1. The molecule has 2 saturated heterocycles. The van der Waals surface area contributed by atoms with Crippen LogP contribution in [-0.2, 0) is 14.3 Å². The molecule has 2 aliphatic heterocycles. The Labute approximate surface area is 157 Å². The van der Waals surface area contributed by atoms with Crippen molar-refractivity contribution in [1.29, 1.82) is 0 Å². The van der Waals surface area contributed by atoms with Crippen molar-refractivity contribution in [1.82, 2.24) is 20.0 Å². The highest BCUT2D eigenvalue weighted by molar-refractivity contribution is 5.81. The quantitative estimate of drug-likeness (QED) is 0.688. The lowest BCUT2D eigenvalue weighted by atomic mass is 10.2. The van der Waals surface area contributed by atoms with Gasteiger partial charge in [0.2, 0.25) is 11.8 Å². The van der Waals surface area contributed by atoms with Gasteiger partial charge in [0.05, 0.1) is 19.3 Å². The van der Waals surface area contributed by atoms with Crippen molar-refractivity contribution in [3.63, 3.8) is 0 Å². The van der Waals surface area contributed by atoms with Crippen LogP contribution in [0.2, 0.25) is 0 Å². The fourth-order valence-corrected chi connectivity index (χ4v) is 3.79. The molecule has 1 aliphatic carbocycles. The van der Waals surface area contributed by atoms with Gasteiger partial charge in [-0.2, -0.15) is 0 Å². The number of carbonyl (C=O) groups excluding carboxylic acids is 2. The molecule has 7 nitrogen and oxygen atoms in total. The van der Waals surface area contributed by atoms with E-state index in [-0.39, 0.29) is 17.9 Å². The van der Waals surface area contributed by atoms with E-state index in [2.05, 4.69) is 29.0 Å². The summed E-state index contributed by atoms with van der Waals surface area (Å²) in [4.78, 5) is 30.8. The standard InChI is InChI=1S/C19H34N4O3/c1-15(2)12-22-9-10-26-17(13-22)11-20-18(24)14-21-5-7-23(8-6-21)19(25)16-3-4-16/h15-17H,3-14H2,1-2H3,(H,20,24). The van der Waals surface area contributed by atoms with Gasteiger partial charge in [-0.05, 0) is 18.8 Å². The Morgan fingerprint density at radius 2 is 1.81 bits per heavy atom. The molecule has 3 rings (SSSR count). The number of carbonyl (C=O) groups is 2. The van der Waals surface area contributed by atoms with Crippen LogP contribution in [0.15, 0.2) is 0 Å². The zero-order valence-electron chi connectivity index (χ0n) is 16.3. The van der Waals surface area contributed by atoms with Gasteiger partial charge >= 0.3 is 0 Å². The predicted octanol–water partition coefficient (Wildman–Crippen LogP) is 0.0136. The molecule has 0 aromatic heterocycles. The average molecular weight is 367 g/mol. The van der Waals surface area contributed by atoms with Gasteiger partial charge in [0.15, 0.2) is 0 Å². The van der Waals surface area contributed by atoms with Crippen LogP contribution < -0.4 is 5.32 Å². The summed E-state index contributed by atoms with van der Waals surface area (Å²) in [7, 11) is 0. The van der Waals surface area contributed by atoms with Crippen LogP contribution in [0, 0.1) is 11.8 Å². The lowest BCUT2D eigenvalue weighted by Gasteiger charge is -2.35. The molecule has 1 N–H and O–H groups in total. The van der Waals surface area contributed by atoms with Crippen molar-refractivity contribution >= 4 is 11.8 Å².